The minimum absolute atomic E-state index is 0.125. The van der Waals surface area contributed by atoms with Crippen molar-refractivity contribution in [1.29, 1.82) is 0 Å². The Labute approximate surface area is 186 Å². The first-order valence-corrected chi connectivity index (χ1v) is 10.5. The summed E-state index contributed by atoms with van der Waals surface area (Å²) in [6.07, 6.45) is 0.808. The number of nitrogens with one attached hydrogen (secondary N) is 2. The van der Waals surface area contributed by atoms with Gasteiger partial charge in [0.25, 0.3) is 0 Å². The molecule has 0 aliphatic heterocycles. The van der Waals surface area contributed by atoms with Gasteiger partial charge >= 0.3 is 0 Å². The molecular formula is C24H27FN4O3. The number of anilines is 1. The first-order valence-electron chi connectivity index (χ1n) is 10.5. The van der Waals surface area contributed by atoms with Crippen molar-refractivity contribution in [1.82, 2.24) is 15.1 Å². The SMILES string of the molecule is COCCNC(=O)CCCC(=O)Nc1c(-c2ccccc2)c(C)nn1-c1cccc(F)c1. The quantitative estimate of drug-likeness (QED) is 0.471. The maximum Gasteiger partial charge on any atom is 0.225 e. The highest BCUT2D eigenvalue weighted by Crippen LogP contribution is 2.33. The van der Waals surface area contributed by atoms with Gasteiger partial charge < -0.3 is 15.4 Å². The lowest BCUT2D eigenvalue weighted by atomic mass is 10.1. The molecule has 3 aromatic rings. The van der Waals surface area contributed by atoms with Crippen molar-refractivity contribution in [2.75, 3.05) is 25.6 Å². The standard InChI is InChI=1S/C24H27FN4O3/c1-17-23(18-8-4-3-5-9-18)24(29(28-17)20-11-6-10-19(25)16-20)27-22(31)13-7-12-21(30)26-14-15-32-2/h3-6,8-11,16H,7,12-15H2,1-2H3,(H,26,30)(H,27,31). The molecule has 168 valence electrons. The predicted molar refractivity (Wildman–Crippen MR) is 121 cm³/mol. The minimum atomic E-state index is -0.395. The molecule has 0 saturated heterocycles. The van der Waals surface area contributed by atoms with E-state index in [1.165, 1.54) is 16.8 Å². The van der Waals surface area contributed by atoms with E-state index < -0.39 is 5.82 Å². The Bertz CT molecular complexity index is 1070. The van der Waals surface area contributed by atoms with Gasteiger partial charge in [-0.3, -0.25) is 9.59 Å². The van der Waals surface area contributed by atoms with E-state index in [4.69, 9.17) is 4.74 Å². The molecule has 8 heteroatoms. The lowest BCUT2D eigenvalue weighted by Gasteiger charge is -2.12. The second-order valence-corrected chi connectivity index (χ2v) is 7.31. The smallest absolute Gasteiger partial charge is 0.225 e. The van der Waals surface area contributed by atoms with Gasteiger partial charge in [0, 0.05) is 32.1 Å². The highest BCUT2D eigenvalue weighted by atomic mass is 19.1. The average Bonchev–Trinajstić information content (AvgIpc) is 3.10. The summed E-state index contributed by atoms with van der Waals surface area (Å²) >= 11 is 0. The van der Waals surface area contributed by atoms with E-state index >= 15 is 0 Å². The monoisotopic (exact) mass is 438 g/mol. The lowest BCUT2D eigenvalue weighted by Crippen LogP contribution is -2.27. The zero-order chi connectivity index (χ0) is 22.9. The zero-order valence-electron chi connectivity index (χ0n) is 18.2. The fourth-order valence-electron chi connectivity index (χ4n) is 3.37. The van der Waals surface area contributed by atoms with Crippen LogP contribution in [-0.4, -0.2) is 41.9 Å². The fourth-order valence-corrected chi connectivity index (χ4v) is 3.37. The van der Waals surface area contributed by atoms with Crippen LogP contribution in [0, 0.1) is 12.7 Å². The second kappa shape index (κ2) is 11.2. The topological polar surface area (TPSA) is 85.2 Å². The Hall–Kier alpha value is -3.52. The minimum Gasteiger partial charge on any atom is -0.383 e. The molecule has 0 atom stereocenters. The number of methoxy groups -OCH3 is 1. The van der Waals surface area contributed by atoms with Crippen LogP contribution in [-0.2, 0) is 14.3 Å². The Balaban J connectivity index is 1.79. The zero-order valence-corrected chi connectivity index (χ0v) is 18.2. The summed E-state index contributed by atoms with van der Waals surface area (Å²) in [6, 6.07) is 15.6. The Morgan fingerprint density at radius 2 is 1.81 bits per heavy atom. The normalized spacial score (nSPS) is 10.7. The van der Waals surface area contributed by atoms with E-state index in [1.54, 1.807) is 19.2 Å². The molecule has 3 rings (SSSR count). The van der Waals surface area contributed by atoms with Crippen LogP contribution in [0.25, 0.3) is 16.8 Å². The van der Waals surface area contributed by atoms with Gasteiger partial charge in [0.05, 0.1) is 18.0 Å². The van der Waals surface area contributed by atoms with Gasteiger partial charge in [0.15, 0.2) is 0 Å². The largest absolute Gasteiger partial charge is 0.383 e. The molecule has 7 nitrogen and oxygen atoms in total. The molecule has 0 fully saturated rings. The van der Waals surface area contributed by atoms with E-state index in [-0.39, 0.29) is 24.7 Å². The summed E-state index contributed by atoms with van der Waals surface area (Å²) in [5.74, 6) is -0.299. The molecular weight excluding hydrogens is 411 g/mol. The number of amides is 2. The highest BCUT2D eigenvalue weighted by Gasteiger charge is 2.20. The molecule has 0 aliphatic rings. The number of hydrogen-bond donors (Lipinski definition) is 2. The summed E-state index contributed by atoms with van der Waals surface area (Å²) in [5.41, 5.74) is 2.86. The first kappa shape index (κ1) is 23.1. The fraction of sp³-hybridized carbons (Fsp3) is 0.292. The van der Waals surface area contributed by atoms with Crippen LogP contribution in [0.2, 0.25) is 0 Å². The van der Waals surface area contributed by atoms with Crippen molar-refractivity contribution in [2.24, 2.45) is 0 Å². The molecule has 32 heavy (non-hydrogen) atoms. The Morgan fingerprint density at radius 1 is 1.06 bits per heavy atom. The van der Waals surface area contributed by atoms with Crippen LogP contribution in [0.5, 0.6) is 0 Å². The van der Waals surface area contributed by atoms with E-state index in [2.05, 4.69) is 15.7 Å². The summed E-state index contributed by atoms with van der Waals surface area (Å²) in [5, 5.41) is 10.2. The third-order valence-electron chi connectivity index (χ3n) is 4.87. The van der Waals surface area contributed by atoms with Gasteiger partial charge in [-0.25, -0.2) is 9.07 Å². The number of carbonyl (C=O) groups excluding carboxylic acids is 2. The molecule has 2 N–H and O–H groups in total. The van der Waals surface area contributed by atoms with Crippen LogP contribution in [0.15, 0.2) is 54.6 Å². The third-order valence-corrected chi connectivity index (χ3v) is 4.87. The van der Waals surface area contributed by atoms with Crippen LogP contribution < -0.4 is 10.6 Å². The molecule has 1 aromatic heterocycles. The van der Waals surface area contributed by atoms with Gasteiger partial charge in [0.2, 0.25) is 11.8 Å². The molecule has 0 saturated carbocycles. The Kier molecular flexibility index (Phi) is 8.10. The Morgan fingerprint density at radius 3 is 2.53 bits per heavy atom. The van der Waals surface area contributed by atoms with E-state index in [1.807, 2.05) is 37.3 Å². The van der Waals surface area contributed by atoms with Gasteiger partial charge in [0.1, 0.15) is 11.6 Å². The van der Waals surface area contributed by atoms with Crippen molar-refractivity contribution in [3.05, 3.63) is 66.1 Å². The van der Waals surface area contributed by atoms with Crippen molar-refractivity contribution in [3.8, 4) is 16.8 Å². The number of aromatic nitrogens is 2. The molecule has 1 heterocycles. The second-order valence-electron chi connectivity index (χ2n) is 7.31. The molecule has 0 aliphatic carbocycles. The van der Waals surface area contributed by atoms with E-state index in [0.29, 0.717) is 36.8 Å². The number of aryl methyl sites for hydroxylation is 1. The molecule has 0 spiro atoms. The van der Waals surface area contributed by atoms with Crippen molar-refractivity contribution in [3.63, 3.8) is 0 Å². The van der Waals surface area contributed by atoms with Crippen molar-refractivity contribution in [2.45, 2.75) is 26.2 Å². The highest BCUT2D eigenvalue weighted by molar-refractivity contribution is 5.95. The molecule has 0 bridgehead atoms. The van der Waals surface area contributed by atoms with Crippen LogP contribution in [0.1, 0.15) is 25.0 Å². The van der Waals surface area contributed by atoms with Crippen molar-refractivity contribution >= 4 is 17.6 Å². The van der Waals surface area contributed by atoms with Crippen LogP contribution in [0.3, 0.4) is 0 Å². The summed E-state index contributed by atoms with van der Waals surface area (Å²) in [7, 11) is 1.57. The number of carbonyl (C=O) groups is 2. The number of rotatable bonds is 10. The van der Waals surface area contributed by atoms with Gasteiger partial charge in [-0.1, -0.05) is 36.4 Å². The molecule has 0 unspecified atom stereocenters. The number of ether oxygens (including phenoxy) is 1. The number of benzene rings is 2. The molecule has 2 amide bonds. The van der Waals surface area contributed by atoms with E-state index in [9.17, 15) is 14.0 Å². The molecule has 0 radical (unpaired) electrons. The predicted octanol–water partition coefficient (Wildman–Crippen LogP) is 3.86. The number of nitrogens with zero attached hydrogens (tertiary/aromatic N) is 2. The van der Waals surface area contributed by atoms with Gasteiger partial charge in [-0.15, -0.1) is 0 Å². The summed E-state index contributed by atoms with van der Waals surface area (Å²) in [4.78, 5) is 24.5. The maximum atomic E-state index is 13.9. The lowest BCUT2D eigenvalue weighted by molar-refractivity contribution is -0.121. The van der Waals surface area contributed by atoms with Gasteiger partial charge in [-0.2, -0.15) is 5.10 Å². The average molecular weight is 439 g/mol. The van der Waals surface area contributed by atoms with Crippen LogP contribution in [0.4, 0.5) is 10.2 Å². The van der Waals surface area contributed by atoms with E-state index in [0.717, 1.165) is 11.1 Å². The molecule has 2 aromatic carbocycles. The summed E-state index contributed by atoms with van der Waals surface area (Å²) in [6.45, 7) is 2.73. The van der Waals surface area contributed by atoms with Gasteiger partial charge in [-0.05, 0) is 37.1 Å². The third kappa shape index (κ3) is 6.01. The van der Waals surface area contributed by atoms with Crippen molar-refractivity contribution < 1.29 is 18.7 Å². The summed E-state index contributed by atoms with van der Waals surface area (Å²) < 4.78 is 20.3. The number of halogens is 1. The maximum absolute atomic E-state index is 13.9. The van der Waals surface area contributed by atoms with Crippen LogP contribution >= 0.6 is 0 Å². The first-order chi connectivity index (χ1) is 15.5. The number of hydrogen-bond acceptors (Lipinski definition) is 4.